The molecule has 6 heteroatoms. The van der Waals surface area contributed by atoms with Crippen molar-refractivity contribution in [2.24, 2.45) is 0 Å². The van der Waals surface area contributed by atoms with E-state index in [0.717, 1.165) is 36.8 Å². The van der Waals surface area contributed by atoms with Crippen LogP contribution in [0.5, 0.6) is 0 Å². The molecule has 1 aliphatic heterocycles. The zero-order chi connectivity index (χ0) is 20.2. The first-order valence-electron chi connectivity index (χ1n) is 10.2. The molecule has 1 atom stereocenters. The zero-order valence-electron chi connectivity index (χ0n) is 16.7. The van der Waals surface area contributed by atoms with Gasteiger partial charge in [-0.25, -0.2) is 0 Å². The van der Waals surface area contributed by atoms with Crippen molar-refractivity contribution in [1.82, 2.24) is 20.0 Å². The molecule has 0 aliphatic carbocycles. The molecule has 0 unspecified atom stereocenters. The minimum atomic E-state index is -0.110. The fourth-order valence-corrected chi connectivity index (χ4v) is 3.83. The van der Waals surface area contributed by atoms with Crippen LogP contribution in [-0.4, -0.2) is 46.1 Å². The Labute approximate surface area is 170 Å². The number of fused-ring (bicyclic) bond motifs is 1. The molecule has 2 heterocycles. The average molecular weight is 390 g/mol. The van der Waals surface area contributed by atoms with Gasteiger partial charge in [0.1, 0.15) is 6.54 Å². The maximum Gasteiger partial charge on any atom is 0.275 e. The third-order valence-corrected chi connectivity index (χ3v) is 5.52. The molecule has 3 aromatic rings. The van der Waals surface area contributed by atoms with Crippen LogP contribution in [0.3, 0.4) is 0 Å². The summed E-state index contributed by atoms with van der Waals surface area (Å²) in [6.45, 7) is 4.29. The number of para-hydroxylation sites is 1. The Bertz CT molecular complexity index is 1010. The molecule has 0 radical (unpaired) electrons. The predicted octanol–water partition coefficient (Wildman–Crippen LogP) is 3.19. The van der Waals surface area contributed by atoms with E-state index in [1.54, 1.807) is 4.68 Å². The van der Waals surface area contributed by atoms with Crippen molar-refractivity contribution in [3.05, 3.63) is 65.9 Å². The summed E-state index contributed by atoms with van der Waals surface area (Å²) in [5, 5.41) is 8.32. The molecule has 1 fully saturated rings. The van der Waals surface area contributed by atoms with Crippen LogP contribution in [0.4, 0.5) is 0 Å². The van der Waals surface area contributed by atoms with Crippen molar-refractivity contribution < 1.29 is 9.59 Å². The summed E-state index contributed by atoms with van der Waals surface area (Å²) < 4.78 is 1.64. The smallest absolute Gasteiger partial charge is 0.275 e. The van der Waals surface area contributed by atoms with Gasteiger partial charge in [-0.15, -0.1) is 0 Å². The number of hydrogen-bond donors (Lipinski definition) is 1. The molecule has 29 heavy (non-hydrogen) atoms. The van der Waals surface area contributed by atoms with Gasteiger partial charge in [0, 0.05) is 25.0 Å². The van der Waals surface area contributed by atoms with Gasteiger partial charge >= 0.3 is 0 Å². The first-order chi connectivity index (χ1) is 14.1. The van der Waals surface area contributed by atoms with E-state index in [2.05, 4.69) is 29.5 Å². The largest absolute Gasteiger partial charge is 0.354 e. The highest BCUT2D eigenvalue weighted by atomic mass is 16.2. The van der Waals surface area contributed by atoms with Crippen molar-refractivity contribution in [2.75, 3.05) is 19.6 Å². The Kier molecular flexibility index (Phi) is 5.60. The van der Waals surface area contributed by atoms with Gasteiger partial charge < -0.3 is 10.2 Å². The second-order valence-electron chi connectivity index (χ2n) is 7.64. The van der Waals surface area contributed by atoms with Crippen LogP contribution in [-0.2, 0) is 11.3 Å². The Morgan fingerprint density at radius 2 is 1.72 bits per heavy atom. The number of likely N-dealkylation sites (tertiary alicyclic amines) is 1. The van der Waals surface area contributed by atoms with E-state index < -0.39 is 0 Å². The van der Waals surface area contributed by atoms with E-state index in [4.69, 9.17) is 0 Å². The third-order valence-electron chi connectivity index (χ3n) is 5.52. The summed E-state index contributed by atoms with van der Waals surface area (Å²) in [7, 11) is 0. The van der Waals surface area contributed by atoms with Crippen molar-refractivity contribution in [3.8, 4) is 0 Å². The Morgan fingerprint density at radius 1 is 1.03 bits per heavy atom. The molecule has 1 aliphatic rings. The monoisotopic (exact) mass is 390 g/mol. The molecule has 0 spiro atoms. The van der Waals surface area contributed by atoms with Gasteiger partial charge in [-0.05, 0) is 30.4 Å². The second-order valence-corrected chi connectivity index (χ2v) is 7.64. The Morgan fingerprint density at radius 3 is 2.48 bits per heavy atom. The van der Waals surface area contributed by atoms with Crippen LogP contribution in [0.25, 0.3) is 10.9 Å². The topological polar surface area (TPSA) is 67.2 Å². The summed E-state index contributed by atoms with van der Waals surface area (Å²) >= 11 is 0. The summed E-state index contributed by atoms with van der Waals surface area (Å²) in [4.78, 5) is 27.3. The van der Waals surface area contributed by atoms with E-state index in [-0.39, 0.29) is 24.3 Å². The second kappa shape index (κ2) is 8.47. The zero-order valence-corrected chi connectivity index (χ0v) is 16.7. The number of carbonyl (C=O) groups is 2. The summed E-state index contributed by atoms with van der Waals surface area (Å²) in [6.07, 6.45) is 2.07. The average Bonchev–Trinajstić information content (AvgIpc) is 3.41. The molecule has 150 valence electrons. The van der Waals surface area contributed by atoms with Crippen LogP contribution in [0.15, 0.2) is 54.6 Å². The van der Waals surface area contributed by atoms with Crippen LogP contribution in [0.2, 0.25) is 0 Å². The molecule has 2 amide bonds. The molecule has 2 aromatic carbocycles. The number of amides is 2. The van der Waals surface area contributed by atoms with E-state index in [1.165, 1.54) is 5.56 Å². The molecule has 1 aromatic heterocycles. The van der Waals surface area contributed by atoms with Gasteiger partial charge in [0.05, 0.1) is 5.52 Å². The quantitative estimate of drug-likeness (QED) is 0.703. The van der Waals surface area contributed by atoms with Gasteiger partial charge in [-0.2, -0.15) is 5.10 Å². The van der Waals surface area contributed by atoms with Crippen LogP contribution >= 0.6 is 0 Å². The first kappa shape index (κ1) is 19.2. The molecular weight excluding hydrogens is 364 g/mol. The molecule has 0 saturated carbocycles. The lowest BCUT2D eigenvalue weighted by Gasteiger charge is -2.13. The minimum absolute atomic E-state index is 0.0458. The normalized spacial score (nSPS) is 14.9. The van der Waals surface area contributed by atoms with Crippen LogP contribution in [0.1, 0.15) is 41.7 Å². The maximum atomic E-state index is 12.9. The number of hydrogen-bond acceptors (Lipinski definition) is 3. The molecule has 1 saturated heterocycles. The summed E-state index contributed by atoms with van der Waals surface area (Å²) in [5.41, 5.74) is 2.44. The van der Waals surface area contributed by atoms with Crippen LogP contribution < -0.4 is 5.32 Å². The highest BCUT2D eigenvalue weighted by Gasteiger charge is 2.25. The fourth-order valence-electron chi connectivity index (χ4n) is 3.83. The summed E-state index contributed by atoms with van der Waals surface area (Å²) in [5.74, 6) is 0.0681. The van der Waals surface area contributed by atoms with Gasteiger partial charge in [0.2, 0.25) is 5.91 Å². The Balaban J connectivity index is 1.47. The summed E-state index contributed by atoms with van der Waals surface area (Å²) in [6, 6.07) is 17.7. The van der Waals surface area contributed by atoms with Crippen molar-refractivity contribution >= 4 is 22.7 Å². The van der Waals surface area contributed by atoms with E-state index in [1.807, 2.05) is 47.4 Å². The molecule has 6 nitrogen and oxygen atoms in total. The van der Waals surface area contributed by atoms with Gasteiger partial charge in [0.15, 0.2) is 5.69 Å². The van der Waals surface area contributed by atoms with Gasteiger partial charge in [0.25, 0.3) is 5.91 Å². The number of nitrogens with zero attached hydrogens (tertiary/aromatic N) is 3. The number of aromatic nitrogens is 2. The van der Waals surface area contributed by atoms with E-state index in [0.29, 0.717) is 12.2 Å². The van der Waals surface area contributed by atoms with Gasteiger partial charge in [-0.3, -0.25) is 14.3 Å². The fraction of sp³-hybridized carbons (Fsp3) is 0.348. The van der Waals surface area contributed by atoms with Crippen molar-refractivity contribution in [2.45, 2.75) is 32.2 Å². The van der Waals surface area contributed by atoms with E-state index in [9.17, 15) is 9.59 Å². The number of nitrogens with one attached hydrogen (secondary N) is 1. The van der Waals surface area contributed by atoms with E-state index >= 15 is 0 Å². The van der Waals surface area contributed by atoms with Crippen LogP contribution in [0, 0.1) is 0 Å². The number of carbonyl (C=O) groups excluding carboxylic acids is 2. The maximum absolute atomic E-state index is 12.9. The molecule has 1 N–H and O–H groups in total. The highest BCUT2D eigenvalue weighted by Crippen LogP contribution is 2.22. The molecule has 0 bridgehead atoms. The number of benzene rings is 2. The molecule has 4 rings (SSSR count). The van der Waals surface area contributed by atoms with Crippen molar-refractivity contribution in [3.63, 3.8) is 0 Å². The standard InChI is InChI=1S/C23H26N4O2/c1-17(18-9-3-2-4-10-18)15-24-21(28)16-27-20-12-6-5-11-19(20)22(25-27)23(29)26-13-7-8-14-26/h2-6,9-12,17H,7-8,13-16H2,1H3,(H,24,28)/t17-/m0/s1. The SMILES string of the molecule is C[C@@H](CNC(=O)Cn1nc(C(=O)N2CCCC2)c2ccccc21)c1ccccc1. The first-order valence-corrected chi connectivity index (χ1v) is 10.2. The van der Waals surface area contributed by atoms with Crippen molar-refractivity contribution in [1.29, 1.82) is 0 Å². The predicted molar refractivity (Wildman–Crippen MR) is 113 cm³/mol. The minimum Gasteiger partial charge on any atom is -0.354 e. The lowest BCUT2D eigenvalue weighted by Crippen LogP contribution is -2.31. The highest BCUT2D eigenvalue weighted by molar-refractivity contribution is 6.05. The lowest BCUT2D eigenvalue weighted by atomic mass is 10.0. The third kappa shape index (κ3) is 4.16. The Hall–Kier alpha value is -3.15. The molecular formula is C23H26N4O2. The van der Waals surface area contributed by atoms with Gasteiger partial charge in [-0.1, -0.05) is 55.5 Å². The lowest BCUT2D eigenvalue weighted by molar-refractivity contribution is -0.121. The number of rotatable bonds is 6.